The molecule has 1 amide bonds. The monoisotopic (exact) mass is 359 g/mol. The molecule has 0 radical (unpaired) electrons. The number of non-ortho nitro benzene ring substituents is 1. The Morgan fingerprint density at radius 3 is 2.59 bits per heavy atom. The van der Waals surface area contributed by atoms with Crippen LogP contribution in [0.3, 0.4) is 0 Å². The normalized spacial score (nSPS) is 10.7. The maximum Gasteiger partial charge on any atom is 0.269 e. The van der Waals surface area contributed by atoms with Crippen LogP contribution in [0.25, 0.3) is 17.0 Å². The molecular formula is C19H13N5O3. The Morgan fingerprint density at radius 2 is 1.81 bits per heavy atom. The van der Waals surface area contributed by atoms with Crippen molar-refractivity contribution in [1.82, 2.24) is 14.6 Å². The second-order valence-corrected chi connectivity index (χ2v) is 5.79. The van der Waals surface area contributed by atoms with Gasteiger partial charge in [-0.3, -0.25) is 19.3 Å². The Bertz CT molecular complexity index is 1150. The van der Waals surface area contributed by atoms with E-state index in [0.29, 0.717) is 17.1 Å². The van der Waals surface area contributed by atoms with Gasteiger partial charge in [0.05, 0.1) is 4.92 Å². The molecule has 8 heteroatoms. The van der Waals surface area contributed by atoms with E-state index in [9.17, 15) is 14.9 Å². The number of anilines is 1. The number of nitro groups is 1. The molecule has 4 rings (SSSR count). The van der Waals surface area contributed by atoms with Gasteiger partial charge in [-0.2, -0.15) is 0 Å². The van der Waals surface area contributed by atoms with E-state index in [-0.39, 0.29) is 11.6 Å². The molecule has 132 valence electrons. The molecule has 0 spiro atoms. The van der Waals surface area contributed by atoms with Crippen molar-refractivity contribution in [2.75, 3.05) is 5.32 Å². The molecule has 27 heavy (non-hydrogen) atoms. The molecular weight excluding hydrogens is 346 g/mol. The van der Waals surface area contributed by atoms with Gasteiger partial charge in [0.25, 0.3) is 11.6 Å². The van der Waals surface area contributed by atoms with Gasteiger partial charge in [0.2, 0.25) is 0 Å². The molecule has 0 bridgehead atoms. The zero-order valence-corrected chi connectivity index (χ0v) is 13.9. The first-order valence-electron chi connectivity index (χ1n) is 8.08. The second-order valence-electron chi connectivity index (χ2n) is 5.79. The van der Waals surface area contributed by atoms with Gasteiger partial charge >= 0.3 is 0 Å². The lowest BCUT2D eigenvalue weighted by atomic mass is 10.1. The zero-order valence-electron chi connectivity index (χ0n) is 13.9. The summed E-state index contributed by atoms with van der Waals surface area (Å²) in [6.45, 7) is 0. The lowest BCUT2D eigenvalue weighted by molar-refractivity contribution is -0.384. The highest BCUT2D eigenvalue weighted by atomic mass is 16.6. The standard InChI is InChI=1S/C19H13N5O3/c25-19(13-7-9-16(10-8-13)24(26)27)20-15-5-3-4-14(12-15)18-22-21-17-6-1-2-11-23(17)18/h1-12H,(H,20,25). The number of nitrogens with zero attached hydrogens (tertiary/aromatic N) is 4. The Hall–Kier alpha value is -4.07. The molecule has 2 aromatic carbocycles. The Morgan fingerprint density at radius 1 is 1.00 bits per heavy atom. The second kappa shape index (κ2) is 6.68. The Kier molecular flexibility index (Phi) is 4.06. The number of nitrogens with one attached hydrogen (secondary N) is 1. The van der Waals surface area contributed by atoms with E-state index < -0.39 is 4.92 Å². The summed E-state index contributed by atoms with van der Waals surface area (Å²) in [6, 6.07) is 18.3. The summed E-state index contributed by atoms with van der Waals surface area (Å²) in [5.41, 5.74) is 2.39. The number of amides is 1. The van der Waals surface area contributed by atoms with Crippen LogP contribution in [0.2, 0.25) is 0 Å². The summed E-state index contributed by atoms with van der Waals surface area (Å²) in [6.07, 6.45) is 1.87. The van der Waals surface area contributed by atoms with Crippen molar-refractivity contribution < 1.29 is 9.72 Å². The number of pyridine rings is 1. The maximum atomic E-state index is 12.4. The average Bonchev–Trinajstić information content (AvgIpc) is 3.12. The summed E-state index contributed by atoms with van der Waals surface area (Å²) in [5.74, 6) is 0.310. The molecule has 1 N–H and O–H groups in total. The summed E-state index contributed by atoms with van der Waals surface area (Å²) < 4.78 is 1.86. The average molecular weight is 359 g/mol. The summed E-state index contributed by atoms with van der Waals surface area (Å²) in [7, 11) is 0. The van der Waals surface area contributed by atoms with Crippen LogP contribution in [0, 0.1) is 10.1 Å². The minimum Gasteiger partial charge on any atom is -0.322 e. The number of rotatable bonds is 4. The third kappa shape index (κ3) is 3.23. The van der Waals surface area contributed by atoms with Gasteiger partial charge in [-0.15, -0.1) is 10.2 Å². The van der Waals surface area contributed by atoms with E-state index in [1.807, 2.05) is 40.9 Å². The van der Waals surface area contributed by atoms with Crippen molar-refractivity contribution in [2.45, 2.75) is 0 Å². The molecule has 0 aliphatic rings. The van der Waals surface area contributed by atoms with E-state index in [0.717, 1.165) is 11.2 Å². The lowest BCUT2D eigenvalue weighted by Gasteiger charge is -2.07. The molecule has 0 aliphatic heterocycles. The number of carbonyl (C=O) groups excluding carboxylic acids is 1. The lowest BCUT2D eigenvalue weighted by Crippen LogP contribution is -2.11. The minimum atomic E-state index is -0.506. The van der Waals surface area contributed by atoms with Crippen molar-refractivity contribution in [2.24, 2.45) is 0 Å². The van der Waals surface area contributed by atoms with Crippen molar-refractivity contribution in [3.63, 3.8) is 0 Å². The van der Waals surface area contributed by atoms with Gasteiger partial charge < -0.3 is 5.32 Å². The van der Waals surface area contributed by atoms with E-state index in [2.05, 4.69) is 15.5 Å². The molecule has 2 aromatic heterocycles. The molecule has 8 nitrogen and oxygen atoms in total. The molecule has 0 unspecified atom stereocenters. The van der Waals surface area contributed by atoms with E-state index in [4.69, 9.17) is 0 Å². The summed E-state index contributed by atoms with van der Waals surface area (Å²) in [4.78, 5) is 22.6. The van der Waals surface area contributed by atoms with Crippen LogP contribution in [0.5, 0.6) is 0 Å². The molecule has 0 aliphatic carbocycles. The predicted molar refractivity (Wildman–Crippen MR) is 99.5 cm³/mol. The van der Waals surface area contributed by atoms with Gasteiger partial charge in [-0.25, -0.2) is 0 Å². The van der Waals surface area contributed by atoms with Crippen LogP contribution in [0.1, 0.15) is 10.4 Å². The first-order valence-corrected chi connectivity index (χ1v) is 8.08. The highest BCUT2D eigenvalue weighted by Gasteiger charge is 2.12. The predicted octanol–water partition coefficient (Wildman–Crippen LogP) is 3.56. The van der Waals surface area contributed by atoms with Crippen LogP contribution in [0.15, 0.2) is 72.9 Å². The molecule has 0 atom stereocenters. The fourth-order valence-electron chi connectivity index (χ4n) is 2.71. The van der Waals surface area contributed by atoms with Crippen LogP contribution < -0.4 is 5.32 Å². The summed E-state index contributed by atoms with van der Waals surface area (Å²) in [5, 5.41) is 21.8. The largest absolute Gasteiger partial charge is 0.322 e. The number of fused-ring (bicyclic) bond motifs is 1. The number of hydrogen-bond donors (Lipinski definition) is 1. The zero-order chi connectivity index (χ0) is 18.8. The van der Waals surface area contributed by atoms with E-state index in [1.54, 1.807) is 12.1 Å². The van der Waals surface area contributed by atoms with Crippen LogP contribution in [-0.4, -0.2) is 25.4 Å². The number of aromatic nitrogens is 3. The Labute approximate surface area is 153 Å². The van der Waals surface area contributed by atoms with Crippen LogP contribution in [0.4, 0.5) is 11.4 Å². The van der Waals surface area contributed by atoms with Crippen LogP contribution in [-0.2, 0) is 0 Å². The quantitative estimate of drug-likeness (QED) is 0.443. The Balaban J connectivity index is 1.59. The van der Waals surface area contributed by atoms with Crippen molar-refractivity contribution in [3.8, 4) is 11.4 Å². The highest BCUT2D eigenvalue weighted by molar-refractivity contribution is 6.04. The van der Waals surface area contributed by atoms with Crippen LogP contribution >= 0.6 is 0 Å². The van der Waals surface area contributed by atoms with E-state index >= 15 is 0 Å². The molecule has 0 fully saturated rings. The first kappa shape index (κ1) is 16.4. The topological polar surface area (TPSA) is 102 Å². The van der Waals surface area contributed by atoms with Crippen molar-refractivity contribution >= 4 is 22.9 Å². The molecule has 4 aromatic rings. The molecule has 0 saturated carbocycles. The van der Waals surface area contributed by atoms with Crippen molar-refractivity contribution in [3.05, 3.63) is 88.6 Å². The third-order valence-electron chi connectivity index (χ3n) is 4.03. The number of nitro benzene ring substituents is 1. The van der Waals surface area contributed by atoms with E-state index in [1.165, 1.54) is 24.3 Å². The van der Waals surface area contributed by atoms with Crippen molar-refractivity contribution in [1.29, 1.82) is 0 Å². The van der Waals surface area contributed by atoms with Gasteiger partial charge in [0, 0.05) is 35.1 Å². The number of hydrogen-bond acceptors (Lipinski definition) is 5. The van der Waals surface area contributed by atoms with Gasteiger partial charge in [-0.05, 0) is 36.4 Å². The first-order chi connectivity index (χ1) is 13.1. The molecule has 0 saturated heterocycles. The van der Waals surface area contributed by atoms with Gasteiger partial charge in [-0.1, -0.05) is 18.2 Å². The fourth-order valence-corrected chi connectivity index (χ4v) is 2.71. The SMILES string of the molecule is O=C(Nc1cccc(-c2nnc3ccccn23)c1)c1ccc([N+](=O)[O-])cc1. The fraction of sp³-hybridized carbons (Fsp3) is 0. The van der Waals surface area contributed by atoms with Gasteiger partial charge in [0.15, 0.2) is 11.5 Å². The minimum absolute atomic E-state index is 0.0627. The van der Waals surface area contributed by atoms with Gasteiger partial charge in [0.1, 0.15) is 0 Å². The smallest absolute Gasteiger partial charge is 0.269 e. The number of benzene rings is 2. The highest BCUT2D eigenvalue weighted by Crippen LogP contribution is 2.22. The molecule has 2 heterocycles. The number of carbonyl (C=O) groups is 1. The maximum absolute atomic E-state index is 12.4. The summed E-state index contributed by atoms with van der Waals surface area (Å²) >= 11 is 0. The third-order valence-corrected chi connectivity index (χ3v) is 4.03.